The lowest BCUT2D eigenvalue weighted by atomic mass is 10.2. The van der Waals surface area contributed by atoms with Crippen LogP contribution in [0, 0.1) is 13.8 Å². The second kappa shape index (κ2) is 7.95. The Hall–Kier alpha value is -2.62. The third kappa shape index (κ3) is 4.38. The molecule has 27 heavy (non-hydrogen) atoms. The van der Waals surface area contributed by atoms with E-state index in [1.165, 1.54) is 29.8 Å². The number of thiazole rings is 1. The fourth-order valence-electron chi connectivity index (χ4n) is 2.08. The molecule has 0 fully saturated rings. The van der Waals surface area contributed by atoms with E-state index in [4.69, 9.17) is 28.9 Å². The molecule has 0 bridgehead atoms. The summed E-state index contributed by atoms with van der Waals surface area (Å²) >= 11 is 13.4. The number of anilines is 4. The first-order valence-corrected chi connectivity index (χ1v) is 9.25. The van der Waals surface area contributed by atoms with Crippen LogP contribution in [0.4, 0.5) is 22.5 Å². The Labute approximate surface area is 169 Å². The van der Waals surface area contributed by atoms with Gasteiger partial charge in [-0.05, 0) is 32.0 Å². The van der Waals surface area contributed by atoms with Crippen LogP contribution in [0.15, 0.2) is 24.5 Å². The van der Waals surface area contributed by atoms with Crippen molar-refractivity contribution in [3.05, 3.63) is 50.7 Å². The van der Waals surface area contributed by atoms with E-state index >= 15 is 0 Å². The normalized spacial score (nSPS) is 10.5. The molecule has 0 aliphatic carbocycles. The maximum atomic E-state index is 12.3. The number of halogens is 2. The summed E-state index contributed by atoms with van der Waals surface area (Å²) in [5.41, 5.74) is 12.7. The van der Waals surface area contributed by atoms with E-state index in [9.17, 15) is 4.79 Å². The average molecular weight is 424 g/mol. The molecule has 3 rings (SSSR count). The third-order valence-corrected chi connectivity index (χ3v) is 5.14. The van der Waals surface area contributed by atoms with Crippen molar-refractivity contribution in [3.8, 4) is 0 Å². The molecule has 140 valence electrons. The predicted molar refractivity (Wildman–Crippen MR) is 109 cm³/mol. The molecular formula is C16H15Cl2N7OS. The number of hydrazine groups is 1. The fourth-order valence-corrected chi connectivity index (χ4v) is 3.39. The molecule has 3 aromatic rings. The Balaban J connectivity index is 1.73. The lowest BCUT2D eigenvalue weighted by molar-refractivity contribution is 0.0962. The van der Waals surface area contributed by atoms with Gasteiger partial charge in [0, 0.05) is 9.90 Å². The minimum absolute atomic E-state index is 0.227. The molecular weight excluding hydrogens is 409 g/mol. The van der Waals surface area contributed by atoms with Gasteiger partial charge in [-0.1, -0.05) is 23.2 Å². The van der Waals surface area contributed by atoms with Crippen LogP contribution in [0.1, 0.15) is 20.9 Å². The lowest BCUT2D eigenvalue weighted by Crippen LogP contribution is -2.30. The molecule has 0 saturated heterocycles. The number of hydrogen-bond acceptors (Lipinski definition) is 8. The maximum Gasteiger partial charge on any atom is 0.271 e. The number of nitrogens with one attached hydrogen (secondary N) is 3. The zero-order chi connectivity index (χ0) is 19.6. The highest BCUT2D eigenvalue weighted by molar-refractivity contribution is 7.15. The Morgan fingerprint density at radius 1 is 1.19 bits per heavy atom. The molecule has 0 atom stereocenters. The summed E-state index contributed by atoms with van der Waals surface area (Å²) in [4.78, 5) is 25.9. The molecule has 0 aliphatic heterocycles. The SMILES string of the molecule is Cc1nc(Nc2ncnc(NNC(=O)c3ccc(Cl)cc3Cl)c2N)sc1C. The highest BCUT2D eigenvalue weighted by Gasteiger charge is 2.14. The van der Waals surface area contributed by atoms with Crippen LogP contribution in [0.25, 0.3) is 0 Å². The van der Waals surface area contributed by atoms with Crippen molar-refractivity contribution in [1.29, 1.82) is 0 Å². The van der Waals surface area contributed by atoms with Gasteiger partial charge in [0.15, 0.2) is 16.8 Å². The highest BCUT2D eigenvalue weighted by atomic mass is 35.5. The summed E-state index contributed by atoms with van der Waals surface area (Å²) < 4.78 is 0. The number of hydrogen-bond donors (Lipinski definition) is 4. The molecule has 1 amide bonds. The quantitative estimate of drug-likeness (QED) is 0.458. The summed E-state index contributed by atoms with van der Waals surface area (Å²) in [6.07, 6.45) is 1.32. The van der Waals surface area contributed by atoms with Crippen LogP contribution in [-0.4, -0.2) is 20.9 Å². The lowest BCUT2D eigenvalue weighted by Gasteiger charge is -2.12. The van der Waals surface area contributed by atoms with Crippen molar-refractivity contribution in [2.75, 3.05) is 16.5 Å². The Morgan fingerprint density at radius 2 is 1.93 bits per heavy atom. The van der Waals surface area contributed by atoms with Gasteiger partial charge in [0.05, 0.1) is 16.3 Å². The monoisotopic (exact) mass is 423 g/mol. The zero-order valence-corrected chi connectivity index (χ0v) is 16.6. The molecule has 1 aromatic carbocycles. The van der Waals surface area contributed by atoms with Gasteiger partial charge in [-0.15, -0.1) is 11.3 Å². The standard InChI is InChI=1S/C16H15Cl2N7OS/c1-7-8(2)27-16(22-7)23-13-12(19)14(21-6-20-13)24-25-15(26)10-4-3-9(17)5-11(10)18/h3-6H,19H2,1-2H3,(H,25,26)(H2,20,21,22,23,24). The van der Waals surface area contributed by atoms with Crippen LogP contribution in [0.2, 0.25) is 10.0 Å². The number of benzene rings is 1. The summed E-state index contributed by atoms with van der Waals surface area (Å²) in [7, 11) is 0. The van der Waals surface area contributed by atoms with Crippen molar-refractivity contribution in [3.63, 3.8) is 0 Å². The zero-order valence-electron chi connectivity index (χ0n) is 14.3. The largest absolute Gasteiger partial charge is 0.393 e. The Bertz CT molecular complexity index is 989. The number of carbonyl (C=O) groups is 1. The van der Waals surface area contributed by atoms with Crippen LogP contribution >= 0.6 is 34.5 Å². The number of nitrogens with two attached hydrogens (primary N) is 1. The van der Waals surface area contributed by atoms with Gasteiger partial charge in [-0.3, -0.25) is 15.6 Å². The van der Waals surface area contributed by atoms with E-state index in [0.717, 1.165) is 10.6 Å². The van der Waals surface area contributed by atoms with Crippen molar-refractivity contribution in [2.45, 2.75) is 13.8 Å². The predicted octanol–water partition coefficient (Wildman–Crippen LogP) is 3.94. The van der Waals surface area contributed by atoms with E-state index in [0.29, 0.717) is 16.0 Å². The Kier molecular flexibility index (Phi) is 5.64. The maximum absolute atomic E-state index is 12.3. The van der Waals surface area contributed by atoms with E-state index < -0.39 is 5.91 Å². The second-order valence-electron chi connectivity index (χ2n) is 5.47. The number of nitrogen functional groups attached to an aromatic ring is 1. The summed E-state index contributed by atoms with van der Waals surface area (Å²) in [6.45, 7) is 3.90. The topological polar surface area (TPSA) is 118 Å². The van der Waals surface area contributed by atoms with Gasteiger partial charge in [-0.25, -0.2) is 15.0 Å². The first kappa shape index (κ1) is 19.2. The van der Waals surface area contributed by atoms with E-state index in [1.807, 2.05) is 13.8 Å². The molecule has 11 heteroatoms. The highest BCUT2D eigenvalue weighted by Crippen LogP contribution is 2.29. The van der Waals surface area contributed by atoms with Crippen molar-refractivity contribution in [1.82, 2.24) is 20.4 Å². The van der Waals surface area contributed by atoms with Gasteiger partial charge in [0.25, 0.3) is 5.91 Å². The second-order valence-corrected chi connectivity index (χ2v) is 7.52. The van der Waals surface area contributed by atoms with Gasteiger partial charge in [-0.2, -0.15) is 0 Å². The molecule has 5 N–H and O–H groups in total. The van der Waals surface area contributed by atoms with E-state index in [-0.39, 0.29) is 22.1 Å². The van der Waals surface area contributed by atoms with Crippen molar-refractivity contribution in [2.24, 2.45) is 0 Å². The molecule has 0 aliphatic rings. The van der Waals surface area contributed by atoms with Gasteiger partial charge >= 0.3 is 0 Å². The fraction of sp³-hybridized carbons (Fsp3) is 0.125. The molecule has 2 aromatic heterocycles. The van der Waals surface area contributed by atoms with Crippen molar-refractivity contribution >= 4 is 62.9 Å². The average Bonchev–Trinajstić information content (AvgIpc) is 2.93. The molecule has 0 unspecified atom stereocenters. The summed E-state index contributed by atoms with van der Waals surface area (Å²) in [5.74, 6) is 0.145. The molecule has 0 radical (unpaired) electrons. The minimum Gasteiger partial charge on any atom is -0.393 e. The van der Waals surface area contributed by atoms with Crippen LogP contribution < -0.4 is 21.9 Å². The van der Waals surface area contributed by atoms with Gasteiger partial charge in [0.1, 0.15) is 12.0 Å². The number of nitrogens with zero attached hydrogens (tertiary/aromatic N) is 3. The first-order valence-electron chi connectivity index (χ1n) is 7.68. The number of aromatic nitrogens is 3. The first-order chi connectivity index (χ1) is 12.8. The minimum atomic E-state index is -0.463. The number of amides is 1. The molecule has 0 saturated carbocycles. The van der Waals surface area contributed by atoms with Gasteiger partial charge < -0.3 is 11.1 Å². The summed E-state index contributed by atoms with van der Waals surface area (Å²) in [6, 6.07) is 4.57. The number of rotatable bonds is 5. The van der Waals surface area contributed by atoms with E-state index in [2.05, 4.69) is 31.1 Å². The molecule has 8 nitrogen and oxygen atoms in total. The molecule has 0 spiro atoms. The van der Waals surface area contributed by atoms with Crippen LogP contribution in [-0.2, 0) is 0 Å². The summed E-state index contributed by atoms with van der Waals surface area (Å²) in [5, 5.41) is 4.39. The Morgan fingerprint density at radius 3 is 2.59 bits per heavy atom. The van der Waals surface area contributed by atoms with Crippen LogP contribution in [0.5, 0.6) is 0 Å². The molecule has 2 heterocycles. The third-order valence-electron chi connectivity index (χ3n) is 3.61. The number of aryl methyl sites for hydroxylation is 2. The smallest absolute Gasteiger partial charge is 0.271 e. The van der Waals surface area contributed by atoms with Gasteiger partial charge in [0.2, 0.25) is 0 Å². The van der Waals surface area contributed by atoms with E-state index in [1.54, 1.807) is 6.07 Å². The van der Waals surface area contributed by atoms with Crippen LogP contribution in [0.3, 0.4) is 0 Å². The number of carbonyl (C=O) groups excluding carboxylic acids is 1. The van der Waals surface area contributed by atoms with Crippen molar-refractivity contribution < 1.29 is 4.79 Å².